The highest BCUT2D eigenvalue weighted by Gasteiger charge is 2.33. The molecule has 0 radical (unpaired) electrons. The van der Waals surface area contributed by atoms with E-state index in [2.05, 4.69) is 28.1 Å². The van der Waals surface area contributed by atoms with E-state index >= 15 is 0 Å². The van der Waals surface area contributed by atoms with Crippen LogP contribution in [0.3, 0.4) is 0 Å². The van der Waals surface area contributed by atoms with Crippen LogP contribution in [0.25, 0.3) is 11.1 Å². The molecular weight excluding hydrogens is 706 g/mol. The first-order chi connectivity index (χ1) is 26.3. The summed E-state index contributed by atoms with van der Waals surface area (Å²) in [5.74, 6) is -4.29. The second-order valence-electron chi connectivity index (χ2n) is 15.4. The highest BCUT2D eigenvalue weighted by Crippen LogP contribution is 2.44. The highest BCUT2D eigenvalue weighted by molar-refractivity contribution is 5.94. The van der Waals surface area contributed by atoms with Gasteiger partial charge in [0.05, 0.1) is 20.1 Å². The summed E-state index contributed by atoms with van der Waals surface area (Å²) in [7, 11) is 1.26. The Hall–Kier alpha value is -4.78. The molecule has 0 bridgehead atoms. The van der Waals surface area contributed by atoms with E-state index in [9.17, 15) is 28.8 Å². The van der Waals surface area contributed by atoms with Crippen LogP contribution in [0, 0.1) is 11.8 Å². The number of nitrogens with one attached hydrogen (secondary N) is 3. The first kappa shape index (κ1) is 43.0. The standard InChI is InChI=1S/C42H57N3O10/c1-27-23-36(46)35(26-53-22-14-6-7-20-34(40(50)52-5)44-38(27)48)45-39(49)28(15-12-13-21-43-41(51)55-42(2,3)4)24-37(47)54-25-33-31-18-10-8-16-29(31)30-17-9-11-19-32(30)33/h8-11,16-19,27-28,33-35H,6-7,12-15,20-26H2,1-5H3,(H,43,51)(H,44,48)(H,45,49)/t27-,28-,34+,35+/m1/s1. The quantitative estimate of drug-likeness (QED) is 0.145. The average molecular weight is 764 g/mol. The van der Waals surface area contributed by atoms with Gasteiger partial charge in [-0.15, -0.1) is 0 Å². The molecule has 1 fully saturated rings. The maximum absolute atomic E-state index is 13.9. The summed E-state index contributed by atoms with van der Waals surface area (Å²) >= 11 is 0. The maximum Gasteiger partial charge on any atom is 0.407 e. The van der Waals surface area contributed by atoms with Crippen LogP contribution in [0.4, 0.5) is 4.79 Å². The second kappa shape index (κ2) is 20.8. The van der Waals surface area contributed by atoms with E-state index in [0.717, 1.165) is 28.7 Å². The molecule has 2 aromatic rings. The third kappa shape index (κ3) is 13.2. The molecule has 4 atom stereocenters. The van der Waals surface area contributed by atoms with Crippen LogP contribution in [0.1, 0.15) is 103 Å². The molecular formula is C42H57N3O10. The third-order valence-electron chi connectivity index (χ3n) is 9.83. The van der Waals surface area contributed by atoms with Crippen molar-refractivity contribution in [1.82, 2.24) is 16.0 Å². The Balaban J connectivity index is 1.43. The first-order valence-corrected chi connectivity index (χ1v) is 19.4. The van der Waals surface area contributed by atoms with Gasteiger partial charge in [-0.2, -0.15) is 0 Å². The molecule has 3 N–H and O–H groups in total. The fourth-order valence-corrected chi connectivity index (χ4v) is 6.90. The Kier molecular flexibility index (Phi) is 16.2. The maximum atomic E-state index is 13.9. The Labute approximate surface area is 323 Å². The number of ketones is 1. The number of amides is 3. The summed E-state index contributed by atoms with van der Waals surface area (Å²) in [6.07, 6.45) is 2.72. The van der Waals surface area contributed by atoms with Crippen LogP contribution in [0.2, 0.25) is 0 Å². The molecule has 4 rings (SSSR count). The van der Waals surface area contributed by atoms with Gasteiger partial charge in [-0.25, -0.2) is 9.59 Å². The molecule has 2 aromatic carbocycles. The number of Topliss-reactive ketones (excluding diaryl/α,β-unsaturated/α-hetero) is 1. The van der Waals surface area contributed by atoms with E-state index in [-0.39, 0.29) is 38.4 Å². The minimum absolute atomic E-state index is 0.0961. The van der Waals surface area contributed by atoms with E-state index in [0.29, 0.717) is 45.3 Å². The lowest BCUT2D eigenvalue weighted by Gasteiger charge is -2.24. The van der Waals surface area contributed by atoms with Gasteiger partial charge < -0.3 is 34.9 Å². The van der Waals surface area contributed by atoms with E-state index in [1.807, 2.05) is 36.4 Å². The van der Waals surface area contributed by atoms with Crippen molar-refractivity contribution in [1.29, 1.82) is 0 Å². The number of esters is 2. The smallest absolute Gasteiger partial charge is 0.407 e. The zero-order chi connectivity index (χ0) is 40.0. The summed E-state index contributed by atoms with van der Waals surface area (Å²) in [6.45, 7) is 7.55. The third-order valence-corrected chi connectivity index (χ3v) is 9.83. The number of hydrogen-bond acceptors (Lipinski definition) is 10. The highest BCUT2D eigenvalue weighted by atomic mass is 16.6. The first-order valence-electron chi connectivity index (χ1n) is 19.4. The largest absolute Gasteiger partial charge is 0.467 e. The summed E-state index contributed by atoms with van der Waals surface area (Å²) in [5, 5.41) is 8.24. The number of unbranched alkanes of at least 4 members (excludes halogenated alkanes) is 1. The Morgan fingerprint density at radius 2 is 1.62 bits per heavy atom. The number of carbonyl (C=O) groups is 6. The van der Waals surface area contributed by atoms with Crippen LogP contribution in [0.5, 0.6) is 0 Å². The van der Waals surface area contributed by atoms with Crippen LogP contribution in [-0.2, 0) is 42.9 Å². The molecule has 0 aromatic heterocycles. The van der Waals surface area contributed by atoms with E-state index < -0.39 is 65.1 Å². The topological polar surface area (TPSA) is 175 Å². The summed E-state index contributed by atoms with van der Waals surface area (Å²) in [4.78, 5) is 78.4. The van der Waals surface area contributed by atoms with Crippen molar-refractivity contribution in [2.75, 3.05) is 33.5 Å². The minimum Gasteiger partial charge on any atom is -0.467 e. The Morgan fingerprint density at radius 1 is 0.945 bits per heavy atom. The lowest BCUT2D eigenvalue weighted by Crippen LogP contribution is -2.49. The number of benzene rings is 2. The summed E-state index contributed by atoms with van der Waals surface area (Å²) in [6, 6.07) is 14.1. The van der Waals surface area contributed by atoms with E-state index in [4.69, 9.17) is 18.9 Å². The zero-order valence-corrected chi connectivity index (χ0v) is 32.8. The van der Waals surface area contributed by atoms with E-state index in [1.54, 1.807) is 27.7 Å². The van der Waals surface area contributed by atoms with Crippen molar-refractivity contribution < 1.29 is 47.7 Å². The fraction of sp³-hybridized carbons (Fsp3) is 0.571. The van der Waals surface area contributed by atoms with Gasteiger partial charge in [-0.3, -0.25) is 19.2 Å². The molecule has 1 aliphatic carbocycles. The van der Waals surface area contributed by atoms with Gasteiger partial charge in [-0.1, -0.05) is 74.7 Å². The predicted octanol–water partition coefficient (Wildman–Crippen LogP) is 5.37. The van der Waals surface area contributed by atoms with Gasteiger partial charge in [0.15, 0.2) is 5.78 Å². The molecule has 13 nitrogen and oxygen atoms in total. The molecule has 1 heterocycles. The molecule has 2 aliphatic rings. The van der Waals surface area contributed by atoms with E-state index in [1.165, 1.54) is 7.11 Å². The van der Waals surface area contributed by atoms with Gasteiger partial charge in [0, 0.05) is 37.3 Å². The lowest BCUT2D eigenvalue weighted by molar-refractivity contribution is -0.147. The summed E-state index contributed by atoms with van der Waals surface area (Å²) < 4.78 is 21.8. The zero-order valence-electron chi connectivity index (χ0n) is 32.8. The summed E-state index contributed by atoms with van der Waals surface area (Å²) in [5.41, 5.74) is 3.69. The number of carbonyl (C=O) groups excluding carboxylic acids is 6. The average Bonchev–Trinajstić information content (AvgIpc) is 3.46. The Morgan fingerprint density at radius 3 is 2.27 bits per heavy atom. The second-order valence-corrected chi connectivity index (χ2v) is 15.4. The van der Waals surface area contributed by atoms with Crippen molar-refractivity contribution in [3.05, 3.63) is 59.7 Å². The number of fused-ring (bicyclic) bond motifs is 3. The Bertz CT molecular complexity index is 1610. The fourth-order valence-electron chi connectivity index (χ4n) is 6.90. The van der Waals surface area contributed by atoms with Crippen molar-refractivity contribution in [3.8, 4) is 11.1 Å². The molecule has 3 amide bonds. The molecule has 300 valence electrons. The monoisotopic (exact) mass is 763 g/mol. The molecule has 55 heavy (non-hydrogen) atoms. The van der Waals surface area contributed by atoms with Gasteiger partial charge >= 0.3 is 18.0 Å². The lowest BCUT2D eigenvalue weighted by atomic mass is 9.95. The van der Waals surface area contributed by atoms with Gasteiger partial charge in [0.1, 0.15) is 24.3 Å². The molecule has 1 aliphatic heterocycles. The van der Waals surface area contributed by atoms with Crippen molar-refractivity contribution in [2.24, 2.45) is 11.8 Å². The number of alkyl carbamates (subject to hydrolysis) is 1. The molecule has 0 unspecified atom stereocenters. The minimum atomic E-state index is -1.07. The molecule has 13 heteroatoms. The number of methoxy groups -OCH3 is 1. The molecule has 1 saturated heterocycles. The van der Waals surface area contributed by atoms with Crippen molar-refractivity contribution in [3.63, 3.8) is 0 Å². The molecule has 0 saturated carbocycles. The van der Waals surface area contributed by atoms with Crippen molar-refractivity contribution >= 4 is 35.6 Å². The van der Waals surface area contributed by atoms with Gasteiger partial charge in [0.2, 0.25) is 11.8 Å². The number of hydrogen-bond donors (Lipinski definition) is 3. The normalized spacial score (nSPS) is 20.1. The number of rotatable bonds is 12. The van der Waals surface area contributed by atoms with Crippen LogP contribution in [0.15, 0.2) is 48.5 Å². The predicted molar refractivity (Wildman–Crippen MR) is 205 cm³/mol. The van der Waals surface area contributed by atoms with Crippen LogP contribution in [-0.4, -0.2) is 86.8 Å². The number of ether oxygens (including phenoxy) is 4. The van der Waals surface area contributed by atoms with Gasteiger partial charge in [-0.05, 0) is 68.7 Å². The molecule has 0 spiro atoms. The van der Waals surface area contributed by atoms with Crippen LogP contribution < -0.4 is 16.0 Å². The SMILES string of the molecule is COC(=O)[C@@H]1CCCCCOC[C@H](NC(=O)[C@H](CCCCNC(=O)OC(C)(C)C)CC(=O)OCC2c3ccccc3-c3ccccc32)C(=O)C[C@@H](C)C(=O)N1. The van der Waals surface area contributed by atoms with Gasteiger partial charge in [0.25, 0.3) is 0 Å². The van der Waals surface area contributed by atoms with Crippen LogP contribution >= 0.6 is 0 Å². The van der Waals surface area contributed by atoms with Crippen molar-refractivity contribution in [2.45, 2.75) is 109 Å².